The van der Waals surface area contributed by atoms with E-state index in [-0.39, 0.29) is 18.1 Å². The minimum atomic E-state index is -0.622. The van der Waals surface area contributed by atoms with Crippen LogP contribution in [0.15, 0.2) is 42.5 Å². The van der Waals surface area contributed by atoms with Gasteiger partial charge in [0.25, 0.3) is 11.8 Å². The fraction of sp³-hybridized carbons (Fsp3) is 0.250. The van der Waals surface area contributed by atoms with Crippen LogP contribution >= 0.6 is 11.3 Å². The van der Waals surface area contributed by atoms with Gasteiger partial charge in [0, 0.05) is 4.88 Å². The molecule has 0 spiro atoms. The van der Waals surface area contributed by atoms with E-state index in [1.54, 1.807) is 24.3 Å². The second kappa shape index (κ2) is 9.50. The molecule has 1 aliphatic rings. The number of ether oxygens (including phenoxy) is 1. The molecule has 32 heavy (non-hydrogen) atoms. The molecule has 0 atom stereocenters. The Morgan fingerprint density at radius 2 is 1.88 bits per heavy atom. The topological polar surface area (TPSA) is 87.7 Å². The van der Waals surface area contributed by atoms with E-state index in [2.05, 4.69) is 10.6 Å². The smallest absolute Gasteiger partial charge is 0.259 e. The summed E-state index contributed by atoms with van der Waals surface area (Å²) < 4.78 is 19.4. The predicted molar refractivity (Wildman–Crippen MR) is 122 cm³/mol. The number of halogens is 1. The summed E-state index contributed by atoms with van der Waals surface area (Å²) in [4.78, 5) is 27.2. The molecular weight excluding hydrogens is 431 g/mol. The highest BCUT2D eigenvalue weighted by Crippen LogP contribution is 2.39. The molecule has 8 heteroatoms. The standard InChI is InChI=1S/C24H23FN2O4S/c1-31-19-11-10-14(13-28)12-18(19)26-23(30)21-16-7-3-5-9-20(16)32-24(21)27-22(29)15-6-2-4-8-17(15)25/h2,4,6,8,10-12,28H,3,5,7,9,13H2,1H3,(H,26,30)(H,27,29). The number of hydrogen-bond acceptors (Lipinski definition) is 5. The molecule has 0 fully saturated rings. The van der Waals surface area contributed by atoms with E-state index in [4.69, 9.17) is 4.74 Å². The Bertz CT molecular complexity index is 1170. The van der Waals surface area contributed by atoms with Gasteiger partial charge in [-0.1, -0.05) is 18.2 Å². The maximum Gasteiger partial charge on any atom is 0.259 e. The molecule has 2 aromatic carbocycles. The molecule has 1 aliphatic carbocycles. The highest BCUT2D eigenvalue weighted by Gasteiger charge is 2.27. The summed E-state index contributed by atoms with van der Waals surface area (Å²) in [5.41, 5.74) is 2.28. The quantitative estimate of drug-likeness (QED) is 0.501. The van der Waals surface area contributed by atoms with Crippen LogP contribution < -0.4 is 15.4 Å². The van der Waals surface area contributed by atoms with Crippen LogP contribution in [0.2, 0.25) is 0 Å². The molecule has 4 rings (SSSR count). The molecule has 3 aromatic rings. The zero-order valence-electron chi connectivity index (χ0n) is 17.5. The summed E-state index contributed by atoms with van der Waals surface area (Å²) >= 11 is 1.36. The summed E-state index contributed by atoms with van der Waals surface area (Å²) in [5.74, 6) is -1.16. The number of methoxy groups -OCH3 is 1. The molecule has 3 N–H and O–H groups in total. The van der Waals surface area contributed by atoms with Crippen LogP contribution in [0, 0.1) is 5.82 Å². The number of amides is 2. The monoisotopic (exact) mass is 454 g/mol. The lowest BCUT2D eigenvalue weighted by Gasteiger charge is -2.15. The summed E-state index contributed by atoms with van der Waals surface area (Å²) in [5, 5.41) is 15.5. The zero-order valence-corrected chi connectivity index (χ0v) is 18.4. The van der Waals surface area contributed by atoms with Crippen LogP contribution in [0.4, 0.5) is 15.1 Å². The van der Waals surface area contributed by atoms with Crippen molar-refractivity contribution in [2.45, 2.75) is 32.3 Å². The van der Waals surface area contributed by atoms with E-state index >= 15 is 0 Å². The Kier molecular flexibility index (Phi) is 6.53. The van der Waals surface area contributed by atoms with Crippen LogP contribution in [-0.4, -0.2) is 24.0 Å². The number of rotatable bonds is 6. The fourth-order valence-corrected chi connectivity index (χ4v) is 5.13. The Balaban J connectivity index is 1.69. The van der Waals surface area contributed by atoms with E-state index in [1.807, 2.05) is 0 Å². The SMILES string of the molecule is COc1ccc(CO)cc1NC(=O)c1c(NC(=O)c2ccccc2F)sc2c1CCCC2. The first-order valence-corrected chi connectivity index (χ1v) is 11.1. The molecule has 6 nitrogen and oxygen atoms in total. The molecule has 166 valence electrons. The van der Waals surface area contributed by atoms with Crippen LogP contribution in [0.25, 0.3) is 0 Å². The van der Waals surface area contributed by atoms with Gasteiger partial charge in [-0.2, -0.15) is 0 Å². The number of aryl methyl sites for hydroxylation is 1. The largest absolute Gasteiger partial charge is 0.495 e. The van der Waals surface area contributed by atoms with Crippen LogP contribution in [-0.2, 0) is 19.4 Å². The Labute approximate surface area is 189 Å². The number of nitrogens with one attached hydrogen (secondary N) is 2. The Morgan fingerprint density at radius 3 is 2.62 bits per heavy atom. The summed E-state index contributed by atoms with van der Waals surface area (Å²) in [7, 11) is 1.50. The van der Waals surface area contributed by atoms with Crippen molar-refractivity contribution in [1.82, 2.24) is 0 Å². The zero-order chi connectivity index (χ0) is 22.7. The minimum Gasteiger partial charge on any atom is -0.495 e. The number of carbonyl (C=O) groups excluding carboxylic acids is 2. The number of aliphatic hydroxyl groups excluding tert-OH is 1. The van der Waals surface area contributed by atoms with Crippen molar-refractivity contribution in [2.75, 3.05) is 17.7 Å². The van der Waals surface area contributed by atoms with E-state index in [1.165, 1.54) is 36.6 Å². The first-order valence-electron chi connectivity index (χ1n) is 10.3. The summed E-state index contributed by atoms with van der Waals surface area (Å²) in [6.07, 6.45) is 3.53. The first kappa shape index (κ1) is 22.0. The molecule has 0 aliphatic heterocycles. The number of thiophene rings is 1. The molecule has 1 aromatic heterocycles. The van der Waals surface area contributed by atoms with Gasteiger partial charge in [-0.05, 0) is 61.1 Å². The maximum atomic E-state index is 14.1. The van der Waals surface area contributed by atoms with Gasteiger partial charge in [0.15, 0.2) is 0 Å². The number of fused-ring (bicyclic) bond motifs is 1. The lowest BCUT2D eigenvalue weighted by atomic mass is 9.95. The van der Waals surface area contributed by atoms with Crippen molar-refractivity contribution in [3.63, 3.8) is 0 Å². The average Bonchev–Trinajstić information content (AvgIpc) is 3.17. The highest BCUT2D eigenvalue weighted by atomic mass is 32.1. The number of aliphatic hydroxyl groups is 1. The molecule has 0 unspecified atom stereocenters. The number of hydrogen-bond donors (Lipinski definition) is 3. The lowest BCUT2D eigenvalue weighted by molar-refractivity contribution is 0.102. The molecule has 2 amide bonds. The molecular formula is C24H23FN2O4S. The van der Waals surface area contributed by atoms with Gasteiger partial charge in [0.2, 0.25) is 0 Å². The van der Waals surface area contributed by atoms with Crippen molar-refractivity contribution in [1.29, 1.82) is 0 Å². The first-order chi connectivity index (χ1) is 15.5. The van der Waals surface area contributed by atoms with Gasteiger partial charge >= 0.3 is 0 Å². The second-order valence-electron chi connectivity index (χ2n) is 7.50. The molecule has 0 radical (unpaired) electrons. The summed E-state index contributed by atoms with van der Waals surface area (Å²) in [6, 6.07) is 10.8. The third-order valence-corrected chi connectivity index (χ3v) is 6.65. The third-order valence-electron chi connectivity index (χ3n) is 5.44. The van der Waals surface area contributed by atoms with Gasteiger partial charge in [-0.25, -0.2) is 4.39 Å². The van der Waals surface area contributed by atoms with Gasteiger partial charge < -0.3 is 20.5 Å². The van der Waals surface area contributed by atoms with Gasteiger partial charge in [-0.3, -0.25) is 9.59 Å². The van der Waals surface area contributed by atoms with Crippen LogP contribution in [0.5, 0.6) is 5.75 Å². The number of benzene rings is 2. The van der Waals surface area contributed by atoms with Crippen molar-refractivity contribution >= 4 is 33.8 Å². The van der Waals surface area contributed by atoms with Crippen LogP contribution in [0.1, 0.15) is 49.6 Å². The normalized spacial score (nSPS) is 12.7. The van der Waals surface area contributed by atoms with Gasteiger partial charge in [-0.15, -0.1) is 11.3 Å². The minimum absolute atomic E-state index is 0.0810. The Hall–Kier alpha value is -3.23. The molecule has 0 saturated heterocycles. The van der Waals surface area contributed by atoms with Crippen molar-refractivity contribution in [3.05, 3.63) is 75.4 Å². The van der Waals surface area contributed by atoms with Gasteiger partial charge in [0.05, 0.1) is 30.5 Å². The van der Waals surface area contributed by atoms with E-state index in [0.717, 1.165) is 36.1 Å². The predicted octanol–water partition coefficient (Wildman–Crippen LogP) is 4.77. The third kappa shape index (κ3) is 4.37. The van der Waals surface area contributed by atoms with E-state index < -0.39 is 11.7 Å². The lowest BCUT2D eigenvalue weighted by Crippen LogP contribution is -2.19. The van der Waals surface area contributed by atoms with Gasteiger partial charge in [0.1, 0.15) is 16.6 Å². The summed E-state index contributed by atoms with van der Waals surface area (Å²) in [6.45, 7) is -0.176. The number of anilines is 2. The molecule has 0 saturated carbocycles. The molecule has 0 bridgehead atoms. The molecule has 1 heterocycles. The average molecular weight is 455 g/mol. The number of carbonyl (C=O) groups is 2. The van der Waals surface area contributed by atoms with E-state index in [9.17, 15) is 19.1 Å². The van der Waals surface area contributed by atoms with Crippen LogP contribution in [0.3, 0.4) is 0 Å². The van der Waals surface area contributed by atoms with Crippen molar-refractivity contribution < 1.29 is 23.8 Å². The van der Waals surface area contributed by atoms with Crippen molar-refractivity contribution in [3.8, 4) is 5.75 Å². The Morgan fingerprint density at radius 1 is 1.09 bits per heavy atom. The second-order valence-corrected chi connectivity index (χ2v) is 8.60. The maximum absolute atomic E-state index is 14.1. The fourth-order valence-electron chi connectivity index (χ4n) is 3.85. The van der Waals surface area contributed by atoms with E-state index in [0.29, 0.717) is 27.6 Å². The highest BCUT2D eigenvalue weighted by molar-refractivity contribution is 7.17. The van der Waals surface area contributed by atoms with Crippen molar-refractivity contribution in [2.24, 2.45) is 0 Å².